The number of carbonyl (C=O) groups is 2. The lowest BCUT2D eigenvalue weighted by atomic mass is 10.1. The summed E-state index contributed by atoms with van der Waals surface area (Å²) in [5.41, 5.74) is 0. The van der Waals surface area contributed by atoms with E-state index in [1.807, 2.05) is 0 Å². The number of hydrogen-bond donors (Lipinski definition) is 0. The van der Waals surface area contributed by atoms with Crippen LogP contribution in [0, 0.1) is 0 Å². The first-order valence-electron chi connectivity index (χ1n) is 3.89. The normalized spacial score (nSPS) is 9.93. The largest absolute Gasteiger partial charge is 0.468 e. The van der Waals surface area contributed by atoms with Crippen LogP contribution in [0.25, 0.3) is 0 Å². The third kappa shape index (κ3) is 1.93. The van der Waals surface area contributed by atoms with Crippen molar-refractivity contribution in [2.24, 2.45) is 0 Å². The lowest BCUT2D eigenvalue weighted by Gasteiger charge is -2.08. The Hall–Kier alpha value is -1.78. The average Bonchev–Trinajstić information content (AvgIpc) is 2.70. The van der Waals surface area contributed by atoms with E-state index in [4.69, 9.17) is 4.42 Å². The molecule has 0 aromatic carbocycles. The molecule has 76 valence electrons. The molecular formula is C9H10O5. The average molecular weight is 198 g/mol. The Labute approximate surface area is 80.6 Å². The van der Waals surface area contributed by atoms with Crippen LogP contribution in [-0.2, 0) is 19.1 Å². The Morgan fingerprint density at radius 2 is 1.86 bits per heavy atom. The monoisotopic (exact) mass is 198 g/mol. The van der Waals surface area contributed by atoms with Crippen LogP contribution in [0.15, 0.2) is 22.8 Å². The molecule has 0 saturated heterocycles. The first-order chi connectivity index (χ1) is 6.70. The fourth-order valence-electron chi connectivity index (χ4n) is 1.02. The molecule has 0 aliphatic rings. The topological polar surface area (TPSA) is 65.7 Å². The van der Waals surface area contributed by atoms with E-state index in [9.17, 15) is 9.59 Å². The summed E-state index contributed by atoms with van der Waals surface area (Å²) < 4.78 is 13.9. The third-order valence-electron chi connectivity index (χ3n) is 1.70. The van der Waals surface area contributed by atoms with Gasteiger partial charge in [-0.1, -0.05) is 0 Å². The molecule has 0 spiro atoms. The molecule has 0 N–H and O–H groups in total. The summed E-state index contributed by atoms with van der Waals surface area (Å²) in [6.07, 6.45) is 1.37. The van der Waals surface area contributed by atoms with Crippen LogP contribution in [0.4, 0.5) is 0 Å². The number of methoxy groups -OCH3 is 2. The van der Waals surface area contributed by atoms with Gasteiger partial charge in [0.1, 0.15) is 5.76 Å². The van der Waals surface area contributed by atoms with Gasteiger partial charge in [0.05, 0.1) is 20.5 Å². The summed E-state index contributed by atoms with van der Waals surface area (Å²) in [5, 5.41) is 0. The molecule has 0 atom stereocenters. The highest BCUT2D eigenvalue weighted by Gasteiger charge is 2.32. The van der Waals surface area contributed by atoms with Gasteiger partial charge in [0.25, 0.3) is 0 Å². The van der Waals surface area contributed by atoms with Crippen molar-refractivity contribution in [2.75, 3.05) is 14.2 Å². The molecule has 0 aliphatic heterocycles. The summed E-state index contributed by atoms with van der Waals surface area (Å²) in [6.45, 7) is 0. The van der Waals surface area contributed by atoms with E-state index in [0.717, 1.165) is 0 Å². The van der Waals surface area contributed by atoms with Crippen molar-refractivity contribution in [1.82, 2.24) is 0 Å². The van der Waals surface area contributed by atoms with E-state index in [1.165, 1.54) is 26.5 Å². The SMILES string of the molecule is COC(=O)C(C(=O)OC)c1ccco1. The van der Waals surface area contributed by atoms with Crippen LogP contribution in [-0.4, -0.2) is 26.2 Å². The zero-order valence-corrected chi connectivity index (χ0v) is 7.85. The van der Waals surface area contributed by atoms with Crippen LogP contribution in [0.1, 0.15) is 11.7 Å². The quantitative estimate of drug-likeness (QED) is 0.528. The second-order valence-electron chi connectivity index (χ2n) is 2.49. The molecule has 0 amide bonds. The third-order valence-corrected chi connectivity index (χ3v) is 1.70. The molecule has 1 heterocycles. The number of carbonyl (C=O) groups excluding carboxylic acids is 2. The van der Waals surface area contributed by atoms with Gasteiger partial charge >= 0.3 is 11.9 Å². The van der Waals surface area contributed by atoms with Gasteiger partial charge in [0, 0.05) is 0 Å². The minimum atomic E-state index is -1.14. The smallest absolute Gasteiger partial charge is 0.327 e. The van der Waals surface area contributed by atoms with Crippen molar-refractivity contribution in [3.63, 3.8) is 0 Å². The summed E-state index contributed by atoms with van der Waals surface area (Å²) in [6, 6.07) is 3.09. The molecule has 5 nitrogen and oxygen atoms in total. The Morgan fingerprint density at radius 1 is 1.29 bits per heavy atom. The Morgan fingerprint density at radius 3 is 2.21 bits per heavy atom. The number of furan rings is 1. The van der Waals surface area contributed by atoms with Crippen LogP contribution in [0.5, 0.6) is 0 Å². The predicted molar refractivity (Wildman–Crippen MR) is 45.5 cm³/mol. The van der Waals surface area contributed by atoms with Gasteiger partial charge in [-0.3, -0.25) is 9.59 Å². The van der Waals surface area contributed by atoms with Gasteiger partial charge in [-0.15, -0.1) is 0 Å². The molecule has 1 aromatic rings. The van der Waals surface area contributed by atoms with E-state index in [1.54, 1.807) is 6.07 Å². The van der Waals surface area contributed by atoms with Gasteiger partial charge in [-0.2, -0.15) is 0 Å². The molecule has 0 aliphatic carbocycles. The molecule has 0 radical (unpaired) electrons. The highest BCUT2D eigenvalue weighted by Crippen LogP contribution is 2.19. The van der Waals surface area contributed by atoms with Crippen molar-refractivity contribution in [1.29, 1.82) is 0 Å². The predicted octanol–water partition coefficient (Wildman–Crippen LogP) is 0.709. The van der Waals surface area contributed by atoms with Crippen molar-refractivity contribution in [3.05, 3.63) is 24.2 Å². The maximum Gasteiger partial charge on any atom is 0.327 e. The number of esters is 2. The molecule has 1 rings (SSSR count). The van der Waals surface area contributed by atoms with Crippen molar-refractivity contribution in [2.45, 2.75) is 5.92 Å². The van der Waals surface area contributed by atoms with Crippen molar-refractivity contribution >= 4 is 11.9 Å². The highest BCUT2D eigenvalue weighted by molar-refractivity contribution is 6.00. The second-order valence-corrected chi connectivity index (χ2v) is 2.49. The Balaban J connectivity index is 2.94. The van der Waals surface area contributed by atoms with E-state index >= 15 is 0 Å². The molecule has 1 aromatic heterocycles. The molecule has 0 bridgehead atoms. The molecule has 5 heteroatoms. The summed E-state index contributed by atoms with van der Waals surface area (Å²) in [5.74, 6) is -2.33. The number of hydrogen-bond acceptors (Lipinski definition) is 5. The van der Waals surface area contributed by atoms with E-state index in [0.29, 0.717) is 0 Å². The maximum absolute atomic E-state index is 11.2. The molecule has 0 unspecified atom stereocenters. The first kappa shape index (κ1) is 10.3. The first-order valence-corrected chi connectivity index (χ1v) is 3.89. The van der Waals surface area contributed by atoms with Crippen LogP contribution in [0.2, 0.25) is 0 Å². The minimum Gasteiger partial charge on any atom is -0.468 e. The van der Waals surface area contributed by atoms with Crippen LogP contribution >= 0.6 is 0 Å². The van der Waals surface area contributed by atoms with Gasteiger partial charge in [-0.05, 0) is 12.1 Å². The van der Waals surface area contributed by atoms with Gasteiger partial charge < -0.3 is 13.9 Å². The lowest BCUT2D eigenvalue weighted by molar-refractivity contribution is -0.154. The zero-order valence-electron chi connectivity index (χ0n) is 7.85. The van der Waals surface area contributed by atoms with Crippen LogP contribution < -0.4 is 0 Å². The summed E-state index contributed by atoms with van der Waals surface area (Å²) >= 11 is 0. The number of ether oxygens (including phenoxy) is 2. The zero-order chi connectivity index (χ0) is 10.6. The standard InChI is InChI=1S/C9H10O5/c1-12-8(10)7(9(11)13-2)6-4-3-5-14-6/h3-5,7H,1-2H3. The maximum atomic E-state index is 11.2. The number of rotatable bonds is 3. The lowest BCUT2D eigenvalue weighted by Crippen LogP contribution is -2.23. The van der Waals surface area contributed by atoms with E-state index in [2.05, 4.69) is 9.47 Å². The van der Waals surface area contributed by atoms with Crippen molar-refractivity contribution < 1.29 is 23.5 Å². The van der Waals surface area contributed by atoms with Gasteiger partial charge in [-0.25, -0.2) is 0 Å². The molecule has 0 fully saturated rings. The van der Waals surface area contributed by atoms with Crippen LogP contribution in [0.3, 0.4) is 0 Å². The van der Waals surface area contributed by atoms with Gasteiger partial charge in [0.2, 0.25) is 5.92 Å². The summed E-state index contributed by atoms with van der Waals surface area (Å²) in [7, 11) is 2.39. The molecule has 14 heavy (non-hydrogen) atoms. The van der Waals surface area contributed by atoms with E-state index in [-0.39, 0.29) is 5.76 Å². The molecular weight excluding hydrogens is 188 g/mol. The van der Waals surface area contributed by atoms with Gasteiger partial charge in [0.15, 0.2) is 0 Å². The van der Waals surface area contributed by atoms with E-state index < -0.39 is 17.9 Å². The Bertz CT molecular complexity index is 298. The van der Waals surface area contributed by atoms with Crippen molar-refractivity contribution in [3.8, 4) is 0 Å². The minimum absolute atomic E-state index is 0.212. The second kappa shape index (κ2) is 4.45. The Kier molecular flexibility index (Phi) is 3.28. The fraction of sp³-hybridized carbons (Fsp3) is 0.333. The highest BCUT2D eigenvalue weighted by atomic mass is 16.5. The molecule has 0 saturated carbocycles. The summed E-state index contributed by atoms with van der Waals surface area (Å²) in [4.78, 5) is 22.5. The fourth-order valence-corrected chi connectivity index (χ4v) is 1.02.